The highest BCUT2D eigenvalue weighted by atomic mass is 35.5. The highest BCUT2D eigenvalue weighted by Gasteiger charge is 2.24. The Hall–Kier alpha value is -3.27. The van der Waals surface area contributed by atoms with Gasteiger partial charge in [-0.3, -0.25) is 4.79 Å². The Morgan fingerprint density at radius 1 is 1.12 bits per heavy atom. The van der Waals surface area contributed by atoms with Crippen molar-refractivity contribution in [2.45, 2.75) is 19.8 Å². The number of nitriles is 1. The lowest BCUT2D eigenvalue weighted by atomic mass is 10.1. The average Bonchev–Trinajstić information content (AvgIpc) is 3.39. The van der Waals surface area contributed by atoms with E-state index in [2.05, 4.69) is 10.2 Å². The summed E-state index contributed by atoms with van der Waals surface area (Å²) in [5.74, 6) is 0.350. The number of para-hydroxylation sites is 1. The second-order valence-corrected chi connectivity index (χ2v) is 8.42. The third kappa shape index (κ3) is 4.64. The smallest absolute Gasteiger partial charge is 0.266 e. The van der Waals surface area contributed by atoms with E-state index in [1.165, 1.54) is 0 Å². The van der Waals surface area contributed by atoms with Gasteiger partial charge in [0.05, 0.1) is 11.4 Å². The van der Waals surface area contributed by atoms with Gasteiger partial charge in [0.2, 0.25) is 0 Å². The fraction of sp³-hybridized carbons (Fsp3) is 0.208. The summed E-state index contributed by atoms with van der Waals surface area (Å²) in [7, 11) is 0. The monoisotopic (exact) mass is 465 g/mol. The summed E-state index contributed by atoms with van der Waals surface area (Å²) < 4.78 is 1.89. The number of carbonyl (C=O) groups is 1. The number of aromatic nitrogens is 2. The lowest BCUT2D eigenvalue weighted by Gasteiger charge is -2.20. The minimum atomic E-state index is -0.537. The first-order chi connectivity index (χ1) is 15.5. The fourth-order valence-corrected chi connectivity index (χ4v) is 4.32. The molecule has 1 aliphatic rings. The molecule has 0 unspecified atom stereocenters. The maximum atomic E-state index is 12.9. The van der Waals surface area contributed by atoms with E-state index in [-0.39, 0.29) is 5.57 Å². The molecule has 8 heteroatoms. The molecule has 0 atom stereocenters. The number of rotatable bonds is 5. The summed E-state index contributed by atoms with van der Waals surface area (Å²) >= 11 is 12.0. The third-order valence-corrected chi connectivity index (χ3v) is 5.70. The van der Waals surface area contributed by atoms with Crippen molar-refractivity contribution in [3.63, 3.8) is 0 Å². The summed E-state index contributed by atoms with van der Waals surface area (Å²) in [6.45, 7) is 3.68. The van der Waals surface area contributed by atoms with Crippen molar-refractivity contribution in [1.82, 2.24) is 9.78 Å². The van der Waals surface area contributed by atoms with Gasteiger partial charge in [-0.05, 0) is 56.2 Å². The van der Waals surface area contributed by atoms with E-state index in [9.17, 15) is 10.1 Å². The van der Waals surface area contributed by atoms with E-state index in [1.807, 2.05) is 48.0 Å². The first kappa shape index (κ1) is 21.9. The summed E-state index contributed by atoms with van der Waals surface area (Å²) in [4.78, 5) is 15.1. The van der Waals surface area contributed by atoms with Gasteiger partial charge >= 0.3 is 0 Å². The van der Waals surface area contributed by atoms with E-state index in [0.29, 0.717) is 15.7 Å². The van der Waals surface area contributed by atoms with Crippen LogP contribution in [0.2, 0.25) is 10.0 Å². The molecule has 1 N–H and O–H groups in total. The highest BCUT2D eigenvalue weighted by Crippen LogP contribution is 2.32. The largest absolute Gasteiger partial charge is 0.356 e. The van der Waals surface area contributed by atoms with Crippen molar-refractivity contribution < 1.29 is 4.79 Å². The van der Waals surface area contributed by atoms with E-state index in [1.54, 1.807) is 24.3 Å². The molecule has 1 aromatic heterocycles. The molecule has 32 heavy (non-hydrogen) atoms. The van der Waals surface area contributed by atoms with Crippen LogP contribution in [0.1, 0.15) is 24.1 Å². The quantitative estimate of drug-likeness (QED) is 0.391. The number of nitrogens with zero attached hydrogens (tertiary/aromatic N) is 4. The van der Waals surface area contributed by atoms with Gasteiger partial charge in [-0.15, -0.1) is 0 Å². The molecular formula is C24H21Cl2N5O. The molecule has 0 spiro atoms. The number of amides is 1. The molecule has 2 aromatic carbocycles. The van der Waals surface area contributed by atoms with Gasteiger partial charge in [0.15, 0.2) is 0 Å². The lowest BCUT2D eigenvalue weighted by molar-refractivity contribution is -0.112. The summed E-state index contributed by atoms with van der Waals surface area (Å²) in [5.41, 5.74) is 2.81. The van der Waals surface area contributed by atoms with Crippen molar-refractivity contribution in [1.29, 1.82) is 5.26 Å². The van der Waals surface area contributed by atoms with Gasteiger partial charge in [-0.25, -0.2) is 4.68 Å². The van der Waals surface area contributed by atoms with E-state index in [0.717, 1.165) is 48.7 Å². The van der Waals surface area contributed by atoms with Crippen LogP contribution in [0.5, 0.6) is 0 Å². The molecule has 6 nitrogen and oxygen atoms in total. The molecule has 0 bridgehead atoms. The minimum Gasteiger partial charge on any atom is -0.356 e. The average molecular weight is 466 g/mol. The standard InChI is InChI=1S/C24H21Cl2N5O/c1-16-22(11-17(15-27)23(32)28-20-13-18(25)12-19(26)14-20)24(30-9-5-6-10-30)31(29-16)21-7-3-2-4-8-21/h2-4,7-8,11-14H,5-6,9-10H2,1H3,(H,28,32)/b17-11+. The SMILES string of the molecule is Cc1nn(-c2ccccc2)c(N2CCCC2)c1/C=C(\C#N)C(=O)Nc1cc(Cl)cc(Cl)c1. The maximum Gasteiger partial charge on any atom is 0.266 e. The van der Waals surface area contributed by atoms with Gasteiger partial charge in [0, 0.05) is 34.4 Å². The molecule has 1 aliphatic heterocycles. The second-order valence-electron chi connectivity index (χ2n) is 7.55. The summed E-state index contributed by atoms with van der Waals surface area (Å²) in [6, 6.07) is 16.6. The van der Waals surface area contributed by atoms with Crippen LogP contribution in [-0.4, -0.2) is 28.8 Å². The molecular weight excluding hydrogens is 445 g/mol. The van der Waals surface area contributed by atoms with E-state index in [4.69, 9.17) is 28.3 Å². The third-order valence-electron chi connectivity index (χ3n) is 5.26. The van der Waals surface area contributed by atoms with Crippen LogP contribution in [0.4, 0.5) is 11.5 Å². The fourth-order valence-electron chi connectivity index (χ4n) is 3.80. The first-order valence-corrected chi connectivity index (χ1v) is 11.0. The number of carbonyl (C=O) groups excluding carboxylic acids is 1. The minimum absolute atomic E-state index is 0.0303. The van der Waals surface area contributed by atoms with Crippen LogP contribution in [-0.2, 0) is 4.79 Å². The highest BCUT2D eigenvalue weighted by molar-refractivity contribution is 6.35. The molecule has 0 saturated carbocycles. The van der Waals surface area contributed by atoms with Crippen molar-refractivity contribution in [3.8, 4) is 11.8 Å². The number of halogens is 2. The maximum absolute atomic E-state index is 12.9. The predicted octanol–water partition coefficient (Wildman–Crippen LogP) is 5.63. The topological polar surface area (TPSA) is 74.0 Å². The molecule has 2 heterocycles. The van der Waals surface area contributed by atoms with Crippen LogP contribution >= 0.6 is 23.2 Å². The molecule has 1 amide bonds. The van der Waals surface area contributed by atoms with Crippen molar-refractivity contribution in [2.24, 2.45) is 0 Å². The Morgan fingerprint density at radius 3 is 2.41 bits per heavy atom. The van der Waals surface area contributed by atoms with Crippen LogP contribution in [0.25, 0.3) is 11.8 Å². The Kier molecular flexibility index (Phi) is 6.50. The van der Waals surface area contributed by atoms with Gasteiger partial charge in [0.25, 0.3) is 5.91 Å². The molecule has 162 valence electrons. The predicted molar refractivity (Wildman–Crippen MR) is 128 cm³/mol. The lowest BCUT2D eigenvalue weighted by Crippen LogP contribution is -2.22. The van der Waals surface area contributed by atoms with Crippen LogP contribution in [0.15, 0.2) is 54.1 Å². The Bertz CT molecular complexity index is 1200. The second kappa shape index (κ2) is 9.47. The number of aryl methyl sites for hydroxylation is 1. The summed E-state index contributed by atoms with van der Waals surface area (Å²) in [5, 5.41) is 18.0. The number of hydrogen-bond acceptors (Lipinski definition) is 4. The normalized spacial score (nSPS) is 13.8. The Balaban J connectivity index is 1.75. The van der Waals surface area contributed by atoms with Gasteiger partial charge in [-0.2, -0.15) is 10.4 Å². The summed E-state index contributed by atoms with van der Waals surface area (Å²) in [6.07, 6.45) is 3.78. The van der Waals surface area contributed by atoms with Crippen LogP contribution < -0.4 is 10.2 Å². The van der Waals surface area contributed by atoms with E-state index < -0.39 is 5.91 Å². The van der Waals surface area contributed by atoms with Gasteiger partial charge < -0.3 is 10.2 Å². The Labute approximate surface area is 196 Å². The van der Waals surface area contributed by atoms with E-state index >= 15 is 0 Å². The number of hydrogen-bond donors (Lipinski definition) is 1. The van der Waals surface area contributed by atoms with Gasteiger partial charge in [-0.1, -0.05) is 41.4 Å². The molecule has 1 fully saturated rings. The number of benzene rings is 2. The number of nitrogens with one attached hydrogen (secondary N) is 1. The molecule has 3 aromatic rings. The van der Waals surface area contributed by atoms with Crippen molar-refractivity contribution in [2.75, 3.05) is 23.3 Å². The molecule has 4 rings (SSSR count). The molecule has 0 radical (unpaired) electrons. The zero-order valence-electron chi connectivity index (χ0n) is 17.5. The Morgan fingerprint density at radius 2 is 1.78 bits per heavy atom. The van der Waals surface area contributed by atoms with Crippen LogP contribution in [0, 0.1) is 18.3 Å². The zero-order valence-corrected chi connectivity index (χ0v) is 19.0. The van der Waals surface area contributed by atoms with Crippen LogP contribution in [0.3, 0.4) is 0 Å². The molecule has 1 saturated heterocycles. The zero-order chi connectivity index (χ0) is 22.7. The molecule has 0 aliphatic carbocycles. The first-order valence-electron chi connectivity index (χ1n) is 10.3. The van der Waals surface area contributed by atoms with Gasteiger partial charge in [0.1, 0.15) is 17.5 Å². The number of anilines is 2. The van der Waals surface area contributed by atoms with Crippen molar-refractivity contribution >= 4 is 46.7 Å². The van der Waals surface area contributed by atoms with Crippen molar-refractivity contribution in [3.05, 3.63) is 75.4 Å².